The van der Waals surface area contributed by atoms with Crippen LogP contribution in [0, 0.1) is 0 Å². The molecule has 3 rings (SSSR count). The number of ether oxygens (including phenoxy) is 1. The van der Waals surface area contributed by atoms with Crippen LogP contribution in [-0.4, -0.2) is 65.3 Å². The van der Waals surface area contributed by atoms with Gasteiger partial charge >= 0.3 is 6.09 Å². The smallest absolute Gasteiger partial charge is 0.410 e. The minimum absolute atomic E-state index is 0.0661. The number of likely N-dealkylation sites (tertiary alicyclic amines) is 1. The van der Waals surface area contributed by atoms with Crippen LogP contribution < -0.4 is 0 Å². The van der Waals surface area contributed by atoms with Gasteiger partial charge in [-0.3, -0.25) is 4.90 Å². The van der Waals surface area contributed by atoms with Crippen molar-refractivity contribution in [3.05, 3.63) is 11.7 Å². The van der Waals surface area contributed by atoms with Gasteiger partial charge in [0.15, 0.2) is 5.82 Å². The minimum atomic E-state index is -3.18. The first-order valence-corrected chi connectivity index (χ1v) is 10.2. The van der Waals surface area contributed by atoms with Gasteiger partial charge in [0.1, 0.15) is 11.6 Å². The lowest BCUT2D eigenvalue weighted by Crippen LogP contribution is -2.48. The molecule has 1 aromatic heterocycles. The zero-order chi connectivity index (χ0) is 18.4. The van der Waals surface area contributed by atoms with Crippen molar-refractivity contribution in [3.8, 4) is 0 Å². The lowest BCUT2D eigenvalue weighted by atomic mass is 10.0. The van der Waals surface area contributed by atoms with Crippen LogP contribution in [0.3, 0.4) is 0 Å². The zero-order valence-corrected chi connectivity index (χ0v) is 15.7. The molecular formula is C15H24N4O5S. The summed E-state index contributed by atoms with van der Waals surface area (Å²) in [5.74, 6) is 0.811. The molecule has 0 bridgehead atoms. The molecule has 10 heteroatoms. The monoisotopic (exact) mass is 372 g/mol. The van der Waals surface area contributed by atoms with Crippen LogP contribution in [0.2, 0.25) is 0 Å². The summed E-state index contributed by atoms with van der Waals surface area (Å²) in [6.45, 7) is 6.78. The number of nitrogens with zero attached hydrogens (tertiary/aromatic N) is 4. The molecule has 0 radical (unpaired) electrons. The molecule has 140 valence electrons. The summed E-state index contributed by atoms with van der Waals surface area (Å²) in [4.78, 5) is 18.4. The molecule has 1 atom stereocenters. The second-order valence-electron chi connectivity index (χ2n) is 7.60. The van der Waals surface area contributed by atoms with Crippen molar-refractivity contribution in [2.75, 3.05) is 25.9 Å². The Labute approximate surface area is 147 Å². The van der Waals surface area contributed by atoms with Gasteiger partial charge in [-0.25, -0.2) is 17.5 Å². The van der Waals surface area contributed by atoms with Gasteiger partial charge in [-0.1, -0.05) is 5.16 Å². The molecule has 0 N–H and O–H groups in total. The lowest BCUT2D eigenvalue weighted by molar-refractivity contribution is 0.0199. The Morgan fingerprint density at radius 2 is 2.00 bits per heavy atom. The third kappa shape index (κ3) is 3.95. The molecule has 3 heterocycles. The third-order valence-electron chi connectivity index (χ3n) is 4.31. The Morgan fingerprint density at radius 1 is 1.32 bits per heavy atom. The van der Waals surface area contributed by atoms with Crippen molar-refractivity contribution in [2.45, 2.75) is 51.2 Å². The molecule has 2 aliphatic rings. The summed E-state index contributed by atoms with van der Waals surface area (Å²) in [5, 5.41) is 3.98. The Balaban J connectivity index is 1.67. The van der Waals surface area contributed by atoms with Gasteiger partial charge in [0.2, 0.25) is 15.9 Å². The number of amides is 1. The highest BCUT2D eigenvalue weighted by molar-refractivity contribution is 7.88. The highest BCUT2D eigenvalue weighted by Crippen LogP contribution is 2.34. The van der Waals surface area contributed by atoms with E-state index < -0.39 is 15.6 Å². The van der Waals surface area contributed by atoms with Crippen LogP contribution in [0.25, 0.3) is 0 Å². The topological polar surface area (TPSA) is 106 Å². The van der Waals surface area contributed by atoms with Crippen molar-refractivity contribution in [1.82, 2.24) is 19.3 Å². The highest BCUT2D eigenvalue weighted by atomic mass is 32.2. The van der Waals surface area contributed by atoms with Crippen molar-refractivity contribution in [1.29, 1.82) is 0 Å². The second-order valence-corrected chi connectivity index (χ2v) is 9.58. The third-order valence-corrected chi connectivity index (χ3v) is 5.54. The molecule has 1 amide bonds. The standard InChI is InChI=1S/C15H24N4O5S/c1-15(2,3)23-14(20)19-7-5-6-11(19)13-16-12(17-24-13)10-8-18(9-10)25(4,21)22/h10-11H,5-9H2,1-4H3. The van der Waals surface area contributed by atoms with E-state index in [4.69, 9.17) is 9.26 Å². The van der Waals surface area contributed by atoms with Gasteiger partial charge in [0.25, 0.3) is 0 Å². The summed E-state index contributed by atoms with van der Waals surface area (Å²) >= 11 is 0. The maximum absolute atomic E-state index is 12.3. The largest absolute Gasteiger partial charge is 0.444 e. The van der Waals surface area contributed by atoms with E-state index in [9.17, 15) is 13.2 Å². The van der Waals surface area contributed by atoms with E-state index in [1.54, 1.807) is 4.90 Å². The second kappa shape index (κ2) is 6.24. The molecule has 25 heavy (non-hydrogen) atoms. The van der Waals surface area contributed by atoms with E-state index >= 15 is 0 Å². The molecule has 1 aromatic rings. The van der Waals surface area contributed by atoms with Gasteiger partial charge in [0.05, 0.1) is 12.2 Å². The summed E-state index contributed by atoms with van der Waals surface area (Å²) in [7, 11) is -3.18. The van der Waals surface area contributed by atoms with Crippen molar-refractivity contribution >= 4 is 16.1 Å². The molecule has 0 spiro atoms. The van der Waals surface area contributed by atoms with E-state index in [2.05, 4.69) is 10.1 Å². The fourth-order valence-corrected chi connectivity index (χ4v) is 3.88. The number of rotatable bonds is 3. The molecule has 0 aliphatic carbocycles. The molecule has 2 saturated heterocycles. The van der Waals surface area contributed by atoms with E-state index in [1.165, 1.54) is 10.6 Å². The average molecular weight is 372 g/mol. The Morgan fingerprint density at radius 3 is 2.60 bits per heavy atom. The summed E-state index contributed by atoms with van der Waals surface area (Å²) in [6.07, 6.45) is 2.37. The van der Waals surface area contributed by atoms with Gasteiger partial charge in [0, 0.05) is 19.6 Å². The first kappa shape index (κ1) is 18.1. The summed E-state index contributed by atoms with van der Waals surface area (Å²) in [5.41, 5.74) is -0.564. The van der Waals surface area contributed by atoms with Crippen LogP contribution in [0.1, 0.15) is 57.3 Å². The molecule has 0 saturated carbocycles. The number of carbonyl (C=O) groups is 1. The lowest BCUT2D eigenvalue weighted by Gasteiger charge is -2.35. The van der Waals surface area contributed by atoms with E-state index in [0.29, 0.717) is 31.3 Å². The predicted octanol–water partition coefficient (Wildman–Crippen LogP) is 1.50. The van der Waals surface area contributed by atoms with Crippen LogP contribution in [0.15, 0.2) is 4.52 Å². The Bertz CT molecular complexity index is 748. The van der Waals surface area contributed by atoms with E-state index in [-0.39, 0.29) is 18.1 Å². The molecule has 0 aromatic carbocycles. The normalized spacial score (nSPS) is 22.9. The molecule has 2 aliphatic heterocycles. The highest BCUT2D eigenvalue weighted by Gasteiger charge is 2.40. The fourth-order valence-electron chi connectivity index (χ4n) is 2.98. The van der Waals surface area contributed by atoms with Gasteiger partial charge in [-0.2, -0.15) is 4.98 Å². The van der Waals surface area contributed by atoms with Crippen molar-refractivity contribution < 1.29 is 22.5 Å². The zero-order valence-electron chi connectivity index (χ0n) is 14.9. The molecule has 9 nitrogen and oxygen atoms in total. The quantitative estimate of drug-likeness (QED) is 0.791. The summed E-state index contributed by atoms with van der Waals surface area (Å²) in [6, 6.07) is -0.290. The fraction of sp³-hybridized carbons (Fsp3) is 0.800. The number of hydrogen-bond donors (Lipinski definition) is 0. The van der Waals surface area contributed by atoms with Crippen molar-refractivity contribution in [2.24, 2.45) is 0 Å². The van der Waals surface area contributed by atoms with E-state index in [1.807, 2.05) is 20.8 Å². The van der Waals surface area contributed by atoms with Gasteiger partial charge < -0.3 is 9.26 Å². The maximum Gasteiger partial charge on any atom is 0.410 e. The van der Waals surface area contributed by atoms with Gasteiger partial charge in [-0.15, -0.1) is 0 Å². The number of sulfonamides is 1. The van der Waals surface area contributed by atoms with E-state index in [0.717, 1.165) is 12.8 Å². The molecule has 2 fully saturated rings. The predicted molar refractivity (Wildman–Crippen MR) is 88.4 cm³/mol. The first-order chi connectivity index (χ1) is 11.5. The van der Waals surface area contributed by atoms with Crippen LogP contribution >= 0.6 is 0 Å². The van der Waals surface area contributed by atoms with Crippen LogP contribution in [0.4, 0.5) is 4.79 Å². The maximum atomic E-state index is 12.3. The summed E-state index contributed by atoms with van der Waals surface area (Å²) < 4.78 is 35.0. The number of aromatic nitrogens is 2. The number of hydrogen-bond acceptors (Lipinski definition) is 7. The van der Waals surface area contributed by atoms with Crippen LogP contribution in [0.5, 0.6) is 0 Å². The molecular weight excluding hydrogens is 348 g/mol. The Kier molecular flexibility index (Phi) is 4.52. The SMILES string of the molecule is CC(C)(C)OC(=O)N1CCCC1c1nc(C2CN(S(C)(=O)=O)C2)no1. The average Bonchev–Trinajstić information content (AvgIpc) is 3.00. The van der Waals surface area contributed by atoms with Crippen LogP contribution in [-0.2, 0) is 14.8 Å². The minimum Gasteiger partial charge on any atom is -0.444 e. The first-order valence-electron chi connectivity index (χ1n) is 8.33. The molecule has 1 unspecified atom stereocenters. The Hall–Kier alpha value is -1.68. The number of carbonyl (C=O) groups excluding carboxylic acids is 1. The van der Waals surface area contributed by atoms with Crippen molar-refractivity contribution in [3.63, 3.8) is 0 Å². The van der Waals surface area contributed by atoms with Gasteiger partial charge in [-0.05, 0) is 33.6 Å².